The number of nitrogens with zero attached hydrogens (tertiary/aromatic N) is 4. The molecule has 0 aliphatic carbocycles. The van der Waals surface area contributed by atoms with Gasteiger partial charge < -0.3 is 19.9 Å². The van der Waals surface area contributed by atoms with Crippen LogP contribution < -0.4 is 10.2 Å². The monoisotopic (exact) mass is 391 g/mol. The van der Waals surface area contributed by atoms with Crippen LogP contribution in [0, 0.1) is 0 Å². The summed E-state index contributed by atoms with van der Waals surface area (Å²) in [5.41, 5.74) is 3.95. The zero-order chi connectivity index (χ0) is 19.9. The quantitative estimate of drug-likeness (QED) is 0.642. The number of ether oxygens (including phenoxy) is 1. The third-order valence-electron chi connectivity index (χ3n) is 5.46. The first-order chi connectivity index (χ1) is 14.3. The van der Waals surface area contributed by atoms with E-state index in [9.17, 15) is 0 Å². The summed E-state index contributed by atoms with van der Waals surface area (Å²) < 4.78 is 5.44. The molecule has 1 saturated heterocycles. The first-order valence-corrected chi connectivity index (χ1v) is 10.3. The van der Waals surface area contributed by atoms with Gasteiger partial charge in [-0.05, 0) is 35.3 Å². The second-order valence-electron chi connectivity index (χ2n) is 7.31. The van der Waals surface area contributed by atoms with E-state index in [4.69, 9.17) is 4.74 Å². The number of benzene rings is 1. The molecule has 6 nitrogen and oxygen atoms in total. The lowest BCUT2D eigenvalue weighted by Crippen LogP contribution is -2.43. The number of hydrogen-bond acceptors (Lipinski definition) is 4. The van der Waals surface area contributed by atoms with E-state index < -0.39 is 0 Å². The van der Waals surface area contributed by atoms with Crippen LogP contribution in [0.4, 0.5) is 5.82 Å². The molecule has 0 unspecified atom stereocenters. The van der Waals surface area contributed by atoms with Gasteiger partial charge in [0.05, 0.1) is 13.2 Å². The average molecular weight is 392 g/mol. The van der Waals surface area contributed by atoms with Gasteiger partial charge in [-0.25, -0.2) is 4.98 Å². The Hall–Kier alpha value is -2.86. The molecular weight excluding hydrogens is 362 g/mol. The zero-order valence-corrected chi connectivity index (χ0v) is 17.1. The fraction of sp³-hybridized carbons (Fsp3) is 0.391. The maximum absolute atomic E-state index is 5.44. The number of guanidine groups is 1. The minimum Gasteiger partial charge on any atom is -0.378 e. The molecule has 0 radical (unpaired) electrons. The van der Waals surface area contributed by atoms with Crippen molar-refractivity contribution < 1.29 is 4.74 Å². The second-order valence-corrected chi connectivity index (χ2v) is 7.31. The largest absolute Gasteiger partial charge is 0.378 e. The third kappa shape index (κ3) is 4.95. The lowest BCUT2D eigenvalue weighted by Gasteiger charge is -2.30. The molecule has 1 N–H and O–H groups in total. The highest BCUT2D eigenvalue weighted by Gasteiger charge is 2.17. The van der Waals surface area contributed by atoms with Crippen molar-refractivity contribution in [3.63, 3.8) is 0 Å². The fourth-order valence-corrected chi connectivity index (χ4v) is 3.83. The number of rotatable bonds is 4. The molecule has 6 heteroatoms. The Morgan fingerprint density at radius 1 is 1.14 bits per heavy atom. The SMILES string of the molecule is CN=C(NCc1ccnc(N2CCOCC2)c1)N1CC=C(c2ccccc2)CC1. The standard InChI is InChI=1S/C23H29N5O/c1-24-23(28-11-8-21(9-12-28)20-5-3-2-4-6-20)26-18-19-7-10-25-22(17-19)27-13-15-29-16-14-27/h2-8,10,17H,9,11-16,18H2,1H3,(H,24,26). The van der Waals surface area contributed by atoms with Crippen LogP contribution in [0.3, 0.4) is 0 Å². The van der Waals surface area contributed by atoms with Crippen molar-refractivity contribution in [1.29, 1.82) is 0 Å². The molecule has 152 valence electrons. The lowest BCUT2D eigenvalue weighted by atomic mass is 10.00. The van der Waals surface area contributed by atoms with E-state index in [1.54, 1.807) is 0 Å². The molecule has 2 aliphatic rings. The fourth-order valence-electron chi connectivity index (χ4n) is 3.83. The van der Waals surface area contributed by atoms with Crippen LogP contribution in [0.5, 0.6) is 0 Å². The minimum absolute atomic E-state index is 0.734. The predicted molar refractivity (Wildman–Crippen MR) is 118 cm³/mol. The van der Waals surface area contributed by atoms with Crippen molar-refractivity contribution in [2.45, 2.75) is 13.0 Å². The van der Waals surface area contributed by atoms with Gasteiger partial charge in [0.1, 0.15) is 5.82 Å². The van der Waals surface area contributed by atoms with Gasteiger partial charge in [-0.1, -0.05) is 36.4 Å². The van der Waals surface area contributed by atoms with Crippen LogP contribution in [0.1, 0.15) is 17.5 Å². The summed E-state index contributed by atoms with van der Waals surface area (Å²) in [5.74, 6) is 1.97. The summed E-state index contributed by atoms with van der Waals surface area (Å²) in [6.07, 6.45) is 5.23. The maximum atomic E-state index is 5.44. The van der Waals surface area contributed by atoms with Crippen molar-refractivity contribution in [1.82, 2.24) is 15.2 Å². The molecule has 2 aromatic rings. The van der Waals surface area contributed by atoms with Gasteiger partial charge in [0.2, 0.25) is 0 Å². The Morgan fingerprint density at radius 2 is 1.97 bits per heavy atom. The van der Waals surface area contributed by atoms with Crippen LogP contribution in [-0.4, -0.2) is 62.3 Å². The lowest BCUT2D eigenvalue weighted by molar-refractivity contribution is 0.122. The highest BCUT2D eigenvalue weighted by molar-refractivity contribution is 5.81. The number of nitrogens with one attached hydrogen (secondary N) is 1. The van der Waals surface area contributed by atoms with E-state index in [2.05, 4.69) is 73.6 Å². The van der Waals surface area contributed by atoms with Crippen LogP contribution >= 0.6 is 0 Å². The molecular formula is C23H29N5O. The van der Waals surface area contributed by atoms with Crippen LogP contribution in [0.25, 0.3) is 5.57 Å². The molecule has 0 atom stereocenters. The van der Waals surface area contributed by atoms with Gasteiger partial charge in [0, 0.05) is 46.0 Å². The second kappa shape index (κ2) is 9.56. The highest BCUT2D eigenvalue weighted by Crippen LogP contribution is 2.22. The Morgan fingerprint density at radius 3 is 2.69 bits per heavy atom. The van der Waals surface area contributed by atoms with Gasteiger partial charge >= 0.3 is 0 Å². The van der Waals surface area contributed by atoms with Crippen molar-refractivity contribution in [2.24, 2.45) is 4.99 Å². The Labute approximate surface area is 172 Å². The van der Waals surface area contributed by atoms with E-state index in [-0.39, 0.29) is 0 Å². The highest BCUT2D eigenvalue weighted by atomic mass is 16.5. The van der Waals surface area contributed by atoms with Gasteiger partial charge in [-0.3, -0.25) is 4.99 Å². The number of aromatic nitrogens is 1. The molecule has 0 spiro atoms. The summed E-state index contributed by atoms with van der Waals surface area (Å²) >= 11 is 0. The van der Waals surface area contributed by atoms with Crippen molar-refractivity contribution in [2.75, 3.05) is 51.3 Å². The Balaban J connectivity index is 1.35. The van der Waals surface area contributed by atoms with Crippen LogP contribution in [0.2, 0.25) is 0 Å². The van der Waals surface area contributed by atoms with Gasteiger partial charge in [0.15, 0.2) is 5.96 Å². The molecule has 0 bridgehead atoms. The van der Waals surface area contributed by atoms with Gasteiger partial charge in [-0.2, -0.15) is 0 Å². The number of pyridine rings is 1. The Bertz CT molecular complexity index is 859. The summed E-state index contributed by atoms with van der Waals surface area (Å²) in [7, 11) is 1.85. The van der Waals surface area contributed by atoms with Crippen molar-refractivity contribution in [3.05, 3.63) is 65.9 Å². The molecule has 29 heavy (non-hydrogen) atoms. The average Bonchev–Trinajstić information content (AvgIpc) is 2.81. The molecule has 4 rings (SSSR count). The summed E-state index contributed by atoms with van der Waals surface area (Å²) in [5, 5.41) is 3.52. The smallest absolute Gasteiger partial charge is 0.194 e. The van der Waals surface area contributed by atoms with Gasteiger partial charge in [0.25, 0.3) is 0 Å². The van der Waals surface area contributed by atoms with E-state index in [1.165, 1.54) is 16.7 Å². The number of morpholine rings is 1. The summed E-state index contributed by atoms with van der Waals surface area (Å²) in [6, 6.07) is 14.9. The van der Waals surface area contributed by atoms with E-state index in [0.717, 1.165) is 64.1 Å². The van der Waals surface area contributed by atoms with E-state index >= 15 is 0 Å². The topological polar surface area (TPSA) is 53.0 Å². The first kappa shape index (κ1) is 19.5. The van der Waals surface area contributed by atoms with Crippen LogP contribution in [-0.2, 0) is 11.3 Å². The molecule has 2 aliphatic heterocycles. The summed E-state index contributed by atoms with van der Waals surface area (Å²) in [6.45, 7) is 5.91. The van der Waals surface area contributed by atoms with E-state index in [1.807, 2.05) is 13.2 Å². The number of hydrogen-bond donors (Lipinski definition) is 1. The molecule has 0 amide bonds. The molecule has 0 saturated carbocycles. The third-order valence-corrected chi connectivity index (χ3v) is 5.46. The normalized spacial score (nSPS) is 17.8. The zero-order valence-electron chi connectivity index (χ0n) is 17.1. The minimum atomic E-state index is 0.734. The van der Waals surface area contributed by atoms with E-state index in [0.29, 0.717) is 0 Å². The number of anilines is 1. The maximum Gasteiger partial charge on any atom is 0.194 e. The molecule has 1 fully saturated rings. The van der Waals surface area contributed by atoms with Gasteiger partial charge in [-0.15, -0.1) is 0 Å². The molecule has 1 aromatic carbocycles. The Kier molecular flexibility index (Phi) is 6.42. The first-order valence-electron chi connectivity index (χ1n) is 10.3. The number of aliphatic imine (C=N–C) groups is 1. The van der Waals surface area contributed by atoms with Crippen molar-refractivity contribution >= 4 is 17.4 Å². The molecule has 3 heterocycles. The molecule has 1 aromatic heterocycles. The van der Waals surface area contributed by atoms with Crippen molar-refractivity contribution in [3.8, 4) is 0 Å². The predicted octanol–water partition coefficient (Wildman–Crippen LogP) is 2.78. The van der Waals surface area contributed by atoms with Crippen LogP contribution in [0.15, 0.2) is 59.7 Å². The summed E-state index contributed by atoms with van der Waals surface area (Å²) in [4.78, 5) is 13.6.